The summed E-state index contributed by atoms with van der Waals surface area (Å²) in [6.07, 6.45) is 6.75. The molecule has 1 saturated carbocycles. The predicted molar refractivity (Wildman–Crippen MR) is 78.4 cm³/mol. The second-order valence-electron chi connectivity index (χ2n) is 6.99. The molecule has 3 heteroatoms. The molecule has 2 aliphatic rings. The first-order chi connectivity index (χ1) is 9.03. The van der Waals surface area contributed by atoms with Crippen LogP contribution in [-0.2, 0) is 9.47 Å². The zero-order valence-electron chi connectivity index (χ0n) is 13.1. The molecule has 0 aromatic heterocycles. The van der Waals surface area contributed by atoms with Gasteiger partial charge in [-0.15, -0.1) is 0 Å². The summed E-state index contributed by atoms with van der Waals surface area (Å²) in [6, 6.07) is 0. The molecular formula is C16H31NO2. The lowest BCUT2D eigenvalue weighted by Gasteiger charge is -2.37. The Kier molecular flexibility index (Phi) is 4.91. The van der Waals surface area contributed by atoms with Crippen molar-refractivity contribution < 1.29 is 9.47 Å². The van der Waals surface area contributed by atoms with Gasteiger partial charge in [0.05, 0.1) is 11.7 Å². The number of nitrogens with one attached hydrogen (secondary N) is 1. The number of hydrogen-bond donors (Lipinski definition) is 1. The van der Waals surface area contributed by atoms with Crippen molar-refractivity contribution in [2.45, 2.75) is 64.6 Å². The maximum atomic E-state index is 6.11. The predicted octanol–water partition coefficient (Wildman–Crippen LogP) is 2.99. The van der Waals surface area contributed by atoms with Gasteiger partial charge in [-0.3, -0.25) is 0 Å². The lowest BCUT2D eigenvalue weighted by atomic mass is 9.73. The van der Waals surface area contributed by atoms with Crippen LogP contribution in [0.5, 0.6) is 0 Å². The van der Waals surface area contributed by atoms with Gasteiger partial charge in [-0.2, -0.15) is 0 Å². The van der Waals surface area contributed by atoms with E-state index in [1.807, 2.05) is 7.11 Å². The Labute approximate surface area is 118 Å². The molecule has 2 rings (SSSR count). The molecule has 0 radical (unpaired) electrons. The molecule has 112 valence electrons. The Balaban J connectivity index is 2.01. The van der Waals surface area contributed by atoms with Crippen LogP contribution in [-0.4, -0.2) is 38.5 Å². The second kappa shape index (κ2) is 6.11. The van der Waals surface area contributed by atoms with Gasteiger partial charge in [0.1, 0.15) is 0 Å². The minimum absolute atomic E-state index is 0.0180. The minimum Gasteiger partial charge on any atom is -0.379 e. The third kappa shape index (κ3) is 3.71. The normalized spacial score (nSPS) is 31.9. The topological polar surface area (TPSA) is 30.5 Å². The quantitative estimate of drug-likeness (QED) is 0.735. The molecule has 1 saturated heterocycles. The first kappa shape index (κ1) is 15.3. The summed E-state index contributed by atoms with van der Waals surface area (Å²) >= 11 is 0. The van der Waals surface area contributed by atoms with E-state index in [0.717, 1.165) is 32.0 Å². The van der Waals surface area contributed by atoms with Gasteiger partial charge in [0.2, 0.25) is 0 Å². The van der Waals surface area contributed by atoms with Crippen molar-refractivity contribution in [3.63, 3.8) is 0 Å². The number of methoxy groups -OCH3 is 1. The van der Waals surface area contributed by atoms with Crippen molar-refractivity contribution in [2.75, 3.05) is 26.8 Å². The molecule has 0 aromatic rings. The monoisotopic (exact) mass is 269 g/mol. The van der Waals surface area contributed by atoms with Gasteiger partial charge < -0.3 is 14.8 Å². The summed E-state index contributed by atoms with van der Waals surface area (Å²) in [5, 5.41) is 3.58. The molecule has 2 unspecified atom stereocenters. The van der Waals surface area contributed by atoms with Crippen molar-refractivity contribution >= 4 is 0 Å². The van der Waals surface area contributed by atoms with E-state index in [4.69, 9.17) is 9.47 Å². The van der Waals surface area contributed by atoms with Gasteiger partial charge in [0.15, 0.2) is 0 Å². The van der Waals surface area contributed by atoms with Crippen LogP contribution >= 0.6 is 0 Å². The average molecular weight is 269 g/mol. The fourth-order valence-electron chi connectivity index (χ4n) is 3.31. The molecule has 0 bridgehead atoms. The van der Waals surface area contributed by atoms with Crippen LogP contribution in [0.4, 0.5) is 0 Å². The van der Waals surface area contributed by atoms with E-state index >= 15 is 0 Å². The van der Waals surface area contributed by atoms with E-state index in [-0.39, 0.29) is 5.60 Å². The number of hydrogen-bond acceptors (Lipinski definition) is 3. The highest BCUT2D eigenvalue weighted by molar-refractivity contribution is 5.01. The highest BCUT2D eigenvalue weighted by Crippen LogP contribution is 2.50. The van der Waals surface area contributed by atoms with Crippen molar-refractivity contribution in [3.05, 3.63) is 0 Å². The first-order valence-electron chi connectivity index (χ1n) is 7.90. The average Bonchev–Trinajstić information content (AvgIpc) is 3.16. The van der Waals surface area contributed by atoms with Gasteiger partial charge in [-0.1, -0.05) is 6.92 Å². The zero-order chi connectivity index (χ0) is 13.9. The standard InChI is InChI=1S/C16H31NO2/c1-5-17-12-16(9-8-15(2,3)18-4)10-11-19-14(16)13-6-7-13/h13-14,17H,5-12H2,1-4H3. The molecule has 19 heavy (non-hydrogen) atoms. The summed E-state index contributed by atoms with van der Waals surface area (Å²) in [4.78, 5) is 0. The summed E-state index contributed by atoms with van der Waals surface area (Å²) < 4.78 is 11.7. The van der Waals surface area contributed by atoms with Crippen LogP contribution in [0.3, 0.4) is 0 Å². The van der Waals surface area contributed by atoms with E-state index in [9.17, 15) is 0 Å². The Morgan fingerprint density at radius 3 is 2.68 bits per heavy atom. The van der Waals surface area contributed by atoms with Crippen LogP contribution in [0.25, 0.3) is 0 Å². The molecule has 1 aliphatic carbocycles. The van der Waals surface area contributed by atoms with Crippen LogP contribution < -0.4 is 5.32 Å². The van der Waals surface area contributed by atoms with Gasteiger partial charge >= 0.3 is 0 Å². The van der Waals surface area contributed by atoms with Crippen LogP contribution in [0.2, 0.25) is 0 Å². The van der Waals surface area contributed by atoms with E-state index in [0.29, 0.717) is 11.5 Å². The maximum Gasteiger partial charge on any atom is 0.0672 e. The van der Waals surface area contributed by atoms with Crippen LogP contribution in [0, 0.1) is 11.3 Å². The van der Waals surface area contributed by atoms with Crippen LogP contribution in [0.15, 0.2) is 0 Å². The first-order valence-corrected chi connectivity index (χ1v) is 7.90. The van der Waals surface area contributed by atoms with Crippen molar-refractivity contribution in [3.8, 4) is 0 Å². The third-order valence-corrected chi connectivity index (χ3v) is 5.06. The van der Waals surface area contributed by atoms with Gasteiger partial charge in [0.25, 0.3) is 0 Å². The van der Waals surface area contributed by atoms with Crippen molar-refractivity contribution in [1.29, 1.82) is 0 Å². The van der Waals surface area contributed by atoms with E-state index in [1.54, 1.807) is 0 Å². The third-order valence-electron chi connectivity index (χ3n) is 5.06. The lowest BCUT2D eigenvalue weighted by Crippen LogP contribution is -2.43. The lowest BCUT2D eigenvalue weighted by molar-refractivity contribution is -0.0159. The second-order valence-corrected chi connectivity index (χ2v) is 6.99. The van der Waals surface area contributed by atoms with Crippen molar-refractivity contribution in [2.24, 2.45) is 11.3 Å². The highest BCUT2D eigenvalue weighted by atomic mass is 16.5. The molecule has 2 atom stereocenters. The molecule has 1 N–H and O–H groups in total. The SMILES string of the molecule is CCNCC1(CCC(C)(C)OC)CCOC1C1CC1. The Morgan fingerprint density at radius 2 is 2.11 bits per heavy atom. The summed E-state index contributed by atoms with van der Waals surface area (Å²) in [6.45, 7) is 9.66. The smallest absolute Gasteiger partial charge is 0.0672 e. The summed E-state index contributed by atoms with van der Waals surface area (Å²) in [5.74, 6) is 0.826. The fourth-order valence-corrected chi connectivity index (χ4v) is 3.31. The molecular weight excluding hydrogens is 238 g/mol. The fraction of sp³-hybridized carbons (Fsp3) is 1.00. The van der Waals surface area contributed by atoms with E-state index in [1.165, 1.54) is 25.7 Å². The van der Waals surface area contributed by atoms with Crippen LogP contribution in [0.1, 0.15) is 52.9 Å². The largest absolute Gasteiger partial charge is 0.379 e. The number of ether oxygens (including phenoxy) is 2. The molecule has 1 heterocycles. The van der Waals surface area contributed by atoms with Gasteiger partial charge in [-0.25, -0.2) is 0 Å². The Bertz CT molecular complexity index is 288. The highest BCUT2D eigenvalue weighted by Gasteiger charge is 2.50. The Morgan fingerprint density at radius 1 is 1.37 bits per heavy atom. The van der Waals surface area contributed by atoms with Crippen molar-refractivity contribution in [1.82, 2.24) is 5.32 Å². The Hall–Kier alpha value is -0.120. The van der Waals surface area contributed by atoms with E-state index < -0.39 is 0 Å². The van der Waals surface area contributed by atoms with Gasteiger partial charge in [-0.05, 0) is 58.4 Å². The molecule has 0 spiro atoms. The molecule has 3 nitrogen and oxygen atoms in total. The maximum absolute atomic E-state index is 6.11. The summed E-state index contributed by atoms with van der Waals surface area (Å²) in [5.41, 5.74) is 0.322. The molecule has 0 amide bonds. The number of rotatable bonds is 8. The summed E-state index contributed by atoms with van der Waals surface area (Å²) in [7, 11) is 1.82. The molecule has 1 aliphatic heterocycles. The zero-order valence-corrected chi connectivity index (χ0v) is 13.1. The minimum atomic E-state index is -0.0180. The molecule has 2 fully saturated rings. The van der Waals surface area contributed by atoms with E-state index in [2.05, 4.69) is 26.1 Å². The van der Waals surface area contributed by atoms with Gasteiger partial charge in [0, 0.05) is 25.7 Å². The molecule has 0 aromatic carbocycles.